The highest BCUT2D eigenvalue weighted by Crippen LogP contribution is 2.32. The van der Waals surface area contributed by atoms with Crippen LogP contribution in [0.2, 0.25) is 0 Å². The standard InChI is InChI=1S/C23H22O4/c24-20-18-7-3-2-6-15(18)8-9-16-10-11-17(14-19(16)21(20)25)22(26)23(27)12-4-1-5-13-23/h2-3,6-7,10-11,14,27H,1,4-5,8-9,12-13H2. The summed E-state index contributed by atoms with van der Waals surface area (Å²) in [5, 5.41) is 10.7. The number of hydrogen-bond acceptors (Lipinski definition) is 4. The number of ketones is 3. The van der Waals surface area contributed by atoms with Crippen LogP contribution in [0, 0.1) is 0 Å². The third-order valence-corrected chi connectivity index (χ3v) is 5.85. The summed E-state index contributed by atoms with van der Waals surface area (Å²) in [6.07, 6.45) is 4.85. The molecule has 0 unspecified atom stereocenters. The second kappa shape index (κ2) is 6.86. The summed E-state index contributed by atoms with van der Waals surface area (Å²) in [6, 6.07) is 12.1. The maximum absolute atomic E-state index is 12.9. The van der Waals surface area contributed by atoms with E-state index in [-0.39, 0.29) is 5.78 Å². The Morgan fingerprint density at radius 2 is 1.44 bits per heavy atom. The molecule has 138 valence electrons. The lowest BCUT2D eigenvalue weighted by Crippen LogP contribution is -2.40. The highest BCUT2D eigenvalue weighted by Gasteiger charge is 2.38. The maximum Gasteiger partial charge on any atom is 0.233 e. The molecule has 1 saturated carbocycles. The summed E-state index contributed by atoms with van der Waals surface area (Å²) < 4.78 is 0. The van der Waals surface area contributed by atoms with Gasteiger partial charge in [0, 0.05) is 16.7 Å². The number of rotatable bonds is 2. The molecular formula is C23H22O4. The van der Waals surface area contributed by atoms with Crippen molar-refractivity contribution in [3.63, 3.8) is 0 Å². The zero-order chi connectivity index (χ0) is 19.0. The van der Waals surface area contributed by atoms with E-state index in [4.69, 9.17) is 0 Å². The van der Waals surface area contributed by atoms with E-state index in [2.05, 4.69) is 0 Å². The molecular weight excluding hydrogens is 340 g/mol. The van der Waals surface area contributed by atoms with E-state index in [0.717, 1.165) is 30.4 Å². The molecule has 0 saturated heterocycles. The maximum atomic E-state index is 12.9. The average molecular weight is 362 g/mol. The van der Waals surface area contributed by atoms with Crippen LogP contribution < -0.4 is 0 Å². The van der Waals surface area contributed by atoms with E-state index in [1.807, 2.05) is 12.1 Å². The number of carbonyl (C=O) groups excluding carboxylic acids is 3. The Kier molecular flexibility index (Phi) is 4.52. The van der Waals surface area contributed by atoms with Crippen LogP contribution in [0.15, 0.2) is 42.5 Å². The van der Waals surface area contributed by atoms with E-state index in [9.17, 15) is 19.5 Å². The Morgan fingerprint density at radius 1 is 0.815 bits per heavy atom. The highest BCUT2D eigenvalue weighted by atomic mass is 16.3. The molecule has 4 rings (SSSR count). The average Bonchev–Trinajstić information content (AvgIpc) is 2.70. The summed E-state index contributed by atoms with van der Waals surface area (Å²) in [7, 11) is 0. The van der Waals surface area contributed by atoms with E-state index in [1.165, 1.54) is 6.07 Å². The number of hydrogen-bond donors (Lipinski definition) is 1. The first-order chi connectivity index (χ1) is 13.0. The molecule has 4 heteroatoms. The van der Waals surface area contributed by atoms with Gasteiger partial charge >= 0.3 is 0 Å². The second-order valence-corrected chi connectivity index (χ2v) is 7.61. The molecule has 0 atom stereocenters. The van der Waals surface area contributed by atoms with Crippen LogP contribution in [0.5, 0.6) is 0 Å². The van der Waals surface area contributed by atoms with Gasteiger partial charge < -0.3 is 5.11 Å². The van der Waals surface area contributed by atoms with Gasteiger partial charge in [0.05, 0.1) is 0 Å². The molecule has 27 heavy (non-hydrogen) atoms. The van der Waals surface area contributed by atoms with Gasteiger partial charge in [0.25, 0.3) is 0 Å². The van der Waals surface area contributed by atoms with Gasteiger partial charge in [-0.05, 0) is 42.9 Å². The van der Waals surface area contributed by atoms with Crippen LogP contribution in [0.3, 0.4) is 0 Å². The van der Waals surface area contributed by atoms with Crippen molar-refractivity contribution in [3.8, 4) is 0 Å². The quantitative estimate of drug-likeness (QED) is 0.653. The molecule has 0 bridgehead atoms. The summed E-state index contributed by atoms with van der Waals surface area (Å²) in [6.45, 7) is 0. The molecule has 0 aromatic heterocycles. The number of Topliss-reactive ketones (excluding diaryl/α,β-unsaturated/α-hetero) is 3. The second-order valence-electron chi connectivity index (χ2n) is 7.61. The zero-order valence-electron chi connectivity index (χ0n) is 15.2. The molecule has 1 fully saturated rings. The van der Waals surface area contributed by atoms with Gasteiger partial charge in [-0.3, -0.25) is 14.4 Å². The SMILES string of the molecule is O=C1C(=O)c2cc(C(=O)C3(O)CCCCC3)ccc2CCc2ccccc21. The summed E-state index contributed by atoms with van der Waals surface area (Å²) >= 11 is 0. The monoisotopic (exact) mass is 362 g/mol. The first-order valence-electron chi connectivity index (χ1n) is 9.57. The fraction of sp³-hybridized carbons (Fsp3) is 0.348. The van der Waals surface area contributed by atoms with Gasteiger partial charge in [0.1, 0.15) is 5.60 Å². The molecule has 0 amide bonds. The molecule has 2 aliphatic carbocycles. The number of benzene rings is 2. The minimum atomic E-state index is -1.35. The third-order valence-electron chi connectivity index (χ3n) is 5.85. The molecule has 0 radical (unpaired) electrons. The van der Waals surface area contributed by atoms with Gasteiger partial charge in [-0.2, -0.15) is 0 Å². The van der Waals surface area contributed by atoms with Crippen molar-refractivity contribution in [3.05, 3.63) is 70.3 Å². The lowest BCUT2D eigenvalue weighted by atomic mass is 9.78. The molecule has 4 nitrogen and oxygen atoms in total. The van der Waals surface area contributed by atoms with Gasteiger partial charge in [-0.15, -0.1) is 0 Å². The van der Waals surface area contributed by atoms with Crippen molar-refractivity contribution in [1.82, 2.24) is 0 Å². The molecule has 2 aliphatic rings. The van der Waals surface area contributed by atoms with E-state index < -0.39 is 17.2 Å². The first-order valence-corrected chi connectivity index (χ1v) is 9.57. The lowest BCUT2D eigenvalue weighted by Gasteiger charge is -2.30. The summed E-state index contributed by atoms with van der Waals surface area (Å²) in [5.41, 5.74) is 1.34. The summed E-state index contributed by atoms with van der Waals surface area (Å²) in [5.74, 6) is -1.46. The largest absolute Gasteiger partial charge is 0.382 e. The van der Waals surface area contributed by atoms with Gasteiger partial charge in [0.15, 0.2) is 5.78 Å². The normalized spacial score (nSPS) is 18.9. The predicted octanol–water partition coefficient (Wildman–Crippen LogP) is 3.73. The number of carbonyl (C=O) groups is 3. The fourth-order valence-electron chi connectivity index (χ4n) is 4.25. The Bertz CT molecular complexity index is 935. The molecule has 2 aromatic carbocycles. The van der Waals surface area contributed by atoms with Crippen molar-refractivity contribution in [2.75, 3.05) is 0 Å². The Balaban J connectivity index is 1.72. The van der Waals surface area contributed by atoms with Gasteiger partial charge in [-0.1, -0.05) is 55.7 Å². The van der Waals surface area contributed by atoms with E-state index >= 15 is 0 Å². The molecule has 2 aromatic rings. The number of fused-ring (bicyclic) bond motifs is 2. The zero-order valence-corrected chi connectivity index (χ0v) is 15.2. The number of aliphatic hydroxyl groups is 1. The first kappa shape index (κ1) is 17.8. The Morgan fingerprint density at radius 3 is 2.19 bits per heavy atom. The highest BCUT2D eigenvalue weighted by molar-refractivity contribution is 6.50. The Hall–Kier alpha value is -2.59. The van der Waals surface area contributed by atoms with Crippen molar-refractivity contribution in [2.24, 2.45) is 0 Å². The minimum Gasteiger partial charge on any atom is -0.382 e. The summed E-state index contributed by atoms with van der Waals surface area (Å²) in [4.78, 5) is 38.5. The van der Waals surface area contributed by atoms with Crippen LogP contribution in [0.4, 0.5) is 0 Å². The molecule has 0 spiro atoms. The molecule has 1 N–H and O–H groups in total. The van der Waals surface area contributed by atoms with Gasteiger partial charge in [-0.25, -0.2) is 0 Å². The van der Waals surface area contributed by atoms with Gasteiger partial charge in [0.2, 0.25) is 11.6 Å². The van der Waals surface area contributed by atoms with Crippen molar-refractivity contribution in [1.29, 1.82) is 0 Å². The minimum absolute atomic E-state index is 0.291. The van der Waals surface area contributed by atoms with Crippen molar-refractivity contribution >= 4 is 17.3 Å². The fourth-order valence-corrected chi connectivity index (χ4v) is 4.25. The number of aryl methyl sites for hydroxylation is 2. The van der Waals surface area contributed by atoms with Crippen LogP contribution >= 0.6 is 0 Å². The smallest absolute Gasteiger partial charge is 0.233 e. The van der Waals surface area contributed by atoms with Crippen LogP contribution in [-0.2, 0) is 12.8 Å². The third kappa shape index (κ3) is 3.15. The van der Waals surface area contributed by atoms with Crippen molar-refractivity contribution < 1.29 is 19.5 Å². The van der Waals surface area contributed by atoms with Crippen LogP contribution in [-0.4, -0.2) is 28.1 Å². The van der Waals surface area contributed by atoms with Crippen molar-refractivity contribution in [2.45, 2.75) is 50.5 Å². The van der Waals surface area contributed by atoms with E-state index in [0.29, 0.717) is 42.4 Å². The predicted molar refractivity (Wildman–Crippen MR) is 101 cm³/mol. The molecule has 0 aliphatic heterocycles. The van der Waals surface area contributed by atoms with E-state index in [1.54, 1.807) is 24.3 Å². The molecule has 0 heterocycles. The van der Waals surface area contributed by atoms with Crippen LogP contribution in [0.25, 0.3) is 0 Å². The Labute approximate surface area is 158 Å². The lowest BCUT2D eigenvalue weighted by molar-refractivity contribution is 0.0116. The topological polar surface area (TPSA) is 71.4 Å². The van der Waals surface area contributed by atoms with Crippen LogP contribution in [0.1, 0.15) is 74.3 Å².